The van der Waals surface area contributed by atoms with Gasteiger partial charge in [0.25, 0.3) is 0 Å². The molecule has 2 aromatic carbocycles. The largest absolute Gasteiger partial charge is 0.497 e. The van der Waals surface area contributed by atoms with Gasteiger partial charge >= 0.3 is 0 Å². The predicted octanol–water partition coefficient (Wildman–Crippen LogP) is 5.56. The van der Waals surface area contributed by atoms with Gasteiger partial charge in [-0.25, -0.2) is 0 Å². The second kappa shape index (κ2) is 11.2. The number of benzene rings is 2. The molecular weight excluding hydrogens is 464 g/mol. The quantitative estimate of drug-likeness (QED) is 0.369. The minimum atomic E-state index is 0.0606. The topological polar surface area (TPSA) is 66.6 Å². The van der Waals surface area contributed by atoms with Gasteiger partial charge in [-0.05, 0) is 78.8 Å². The summed E-state index contributed by atoms with van der Waals surface area (Å²) >= 11 is 11.2. The molecule has 6 nitrogen and oxygen atoms in total. The number of anilines is 2. The minimum absolute atomic E-state index is 0.0606. The van der Waals surface area contributed by atoms with Crippen molar-refractivity contribution in [2.75, 3.05) is 31.4 Å². The number of ether oxygens (including phenoxy) is 2. The normalized spacial score (nSPS) is 21.1. The number of hydrogen-bond acceptors (Lipinski definition) is 4. The van der Waals surface area contributed by atoms with Gasteiger partial charge in [-0.2, -0.15) is 0 Å². The van der Waals surface area contributed by atoms with E-state index in [4.69, 9.17) is 33.9 Å². The molecule has 1 aliphatic rings. The van der Waals surface area contributed by atoms with Crippen molar-refractivity contribution in [3.05, 3.63) is 48.5 Å². The van der Waals surface area contributed by atoms with Crippen LogP contribution in [0.5, 0.6) is 11.5 Å². The Kier molecular flexibility index (Phi) is 8.60. The summed E-state index contributed by atoms with van der Waals surface area (Å²) in [7, 11) is 3.32. The van der Waals surface area contributed by atoms with E-state index in [-0.39, 0.29) is 16.9 Å². The van der Waals surface area contributed by atoms with Crippen LogP contribution in [0, 0.1) is 10.8 Å². The first-order valence-electron chi connectivity index (χ1n) is 11.5. The van der Waals surface area contributed by atoms with Gasteiger partial charge in [0.1, 0.15) is 11.5 Å². The van der Waals surface area contributed by atoms with E-state index in [0.717, 1.165) is 48.7 Å². The number of nitrogens with one attached hydrogen (secondary N) is 4. The van der Waals surface area contributed by atoms with Crippen LogP contribution in [0.1, 0.15) is 40.0 Å². The van der Waals surface area contributed by atoms with Gasteiger partial charge in [-0.15, -0.1) is 0 Å². The maximum Gasteiger partial charge on any atom is 0.170 e. The molecule has 1 aliphatic carbocycles. The highest BCUT2D eigenvalue weighted by atomic mass is 32.1. The van der Waals surface area contributed by atoms with Gasteiger partial charge < -0.3 is 30.7 Å². The van der Waals surface area contributed by atoms with E-state index in [2.05, 4.69) is 42.0 Å². The van der Waals surface area contributed by atoms with Crippen molar-refractivity contribution in [1.29, 1.82) is 0 Å². The van der Waals surface area contributed by atoms with E-state index in [1.54, 1.807) is 14.2 Å². The lowest BCUT2D eigenvalue weighted by molar-refractivity contribution is 0.0807. The van der Waals surface area contributed by atoms with Crippen molar-refractivity contribution >= 4 is 46.0 Å². The lowest BCUT2D eigenvalue weighted by Gasteiger charge is -2.47. The fourth-order valence-electron chi connectivity index (χ4n) is 5.09. The molecule has 0 aliphatic heterocycles. The Bertz CT molecular complexity index is 1010. The van der Waals surface area contributed by atoms with Gasteiger partial charge in [0.15, 0.2) is 10.2 Å². The summed E-state index contributed by atoms with van der Waals surface area (Å²) in [5.74, 6) is 1.59. The number of rotatable bonds is 7. The van der Waals surface area contributed by atoms with Crippen molar-refractivity contribution in [2.24, 2.45) is 10.8 Å². The van der Waals surface area contributed by atoms with Crippen LogP contribution in [0.4, 0.5) is 11.4 Å². The second-order valence-corrected chi connectivity index (χ2v) is 10.9. The molecule has 2 atom stereocenters. The summed E-state index contributed by atoms with van der Waals surface area (Å²) in [6.07, 6.45) is 3.14. The van der Waals surface area contributed by atoms with Gasteiger partial charge in [-0.3, -0.25) is 0 Å². The minimum Gasteiger partial charge on any atom is -0.497 e. The molecule has 0 amide bonds. The number of thiocarbonyl (C=S) groups is 2. The third-order valence-electron chi connectivity index (χ3n) is 6.11. The maximum absolute atomic E-state index is 5.63. The van der Waals surface area contributed by atoms with Gasteiger partial charge in [-0.1, -0.05) is 32.9 Å². The van der Waals surface area contributed by atoms with Gasteiger partial charge in [0, 0.05) is 36.1 Å². The molecule has 0 bridgehead atoms. The lowest BCUT2D eigenvalue weighted by Crippen LogP contribution is -2.51. The molecule has 2 aromatic rings. The van der Waals surface area contributed by atoms with E-state index < -0.39 is 0 Å². The van der Waals surface area contributed by atoms with E-state index in [1.165, 1.54) is 0 Å². The Morgan fingerprint density at radius 1 is 0.882 bits per heavy atom. The van der Waals surface area contributed by atoms with E-state index in [0.29, 0.717) is 10.2 Å². The fraction of sp³-hybridized carbons (Fsp3) is 0.462. The average Bonchev–Trinajstić information content (AvgIpc) is 2.76. The molecular formula is C26H36N4O2S2. The second-order valence-electron chi connectivity index (χ2n) is 10.1. The molecule has 0 radical (unpaired) electrons. The zero-order chi connectivity index (χ0) is 24.8. The Morgan fingerprint density at radius 3 is 2.00 bits per heavy atom. The Morgan fingerprint density at radius 2 is 1.44 bits per heavy atom. The zero-order valence-electron chi connectivity index (χ0n) is 20.7. The van der Waals surface area contributed by atoms with Crippen molar-refractivity contribution < 1.29 is 9.47 Å². The summed E-state index contributed by atoms with van der Waals surface area (Å²) in [4.78, 5) is 0. The first-order valence-corrected chi connectivity index (χ1v) is 12.3. The summed E-state index contributed by atoms with van der Waals surface area (Å²) < 4.78 is 10.6. The van der Waals surface area contributed by atoms with Crippen LogP contribution >= 0.6 is 24.4 Å². The third kappa shape index (κ3) is 7.74. The molecule has 1 saturated carbocycles. The molecule has 0 saturated heterocycles. The lowest BCUT2D eigenvalue weighted by atomic mass is 9.62. The molecule has 0 heterocycles. The maximum atomic E-state index is 5.63. The van der Waals surface area contributed by atoms with Crippen molar-refractivity contribution in [3.63, 3.8) is 0 Å². The highest BCUT2D eigenvalue weighted by molar-refractivity contribution is 7.80. The average molecular weight is 501 g/mol. The smallest absolute Gasteiger partial charge is 0.170 e. The third-order valence-corrected chi connectivity index (χ3v) is 6.58. The fourth-order valence-corrected chi connectivity index (χ4v) is 5.57. The van der Waals surface area contributed by atoms with Crippen LogP contribution < -0.4 is 30.7 Å². The molecule has 34 heavy (non-hydrogen) atoms. The molecule has 0 aromatic heterocycles. The molecule has 4 N–H and O–H groups in total. The molecule has 3 rings (SSSR count). The predicted molar refractivity (Wildman–Crippen MR) is 149 cm³/mol. The molecule has 184 valence electrons. The van der Waals surface area contributed by atoms with Crippen LogP contribution in [-0.4, -0.2) is 37.0 Å². The Balaban J connectivity index is 1.57. The highest BCUT2D eigenvalue weighted by Crippen LogP contribution is 2.45. The first kappa shape index (κ1) is 26.0. The monoisotopic (exact) mass is 500 g/mol. The van der Waals surface area contributed by atoms with Crippen LogP contribution in [-0.2, 0) is 0 Å². The van der Waals surface area contributed by atoms with E-state index in [1.807, 2.05) is 48.5 Å². The SMILES string of the molecule is COc1cccc(NC(=S)NC[C@@]2(C)C[C@H](NC(=S)Nc3cccc(OC)c3)CC(C)(C)C2)c1. The Hall–Kier alpha value is -2.58. The van der Waals surface area contributed by atoms with Crippen molar-refractivity contribution in [2.45, 2.75) is 46.1 Å². The molecule has 0 unspecified atom stereocenters. The molecule has 0 spiro atoms. The van der Waals surface area contributed by atoms with Crippen molar-refractivity contribution in [3.8, 4) is 11.5 Å². The summed E-state index contributed by atoms with van der Waals surface area (Å²) in [6, 6.07) is 15.8. The van der Waals surface area contributed by atoms with Crippen molar-refractivity contribution in [1.82, 2.24) is 10.6 Å². The zero-order valence-corrected chi connectivity index (χ0v) is 22.3. The van der Waals surface area contributed by atoms with Gasteiger partial charge in [0.05, 0.1) is 14.2 Å². The van der Waals surface area contributed by atoms with E-state index >= 15 is 0 Å². The highest BCUT2D eigenvalue weighted by Gasteiger charge is 2.41. The summed E-state index contributed by atoms with van der Waals surface area (Å²) in [5, 5.41) is 14.8. The first-order chi connectivity index (χ1) is 16.1. The van der Waals surface area contributed by atoms with E-state index in [9.17, 15) is 0 Å². The standard InChI is InChI=1S/C26H36N4O2S2/c1-25(2)14-20(30-24(34)29-19-9-7-11-22(13-19)32-5)15-26(3,16-25)17-27-23(33)28-18-8-6-10-21(12-18)31-4/h6-13,20H,14-17H2,1-5H3,(H2,27,28,33)(H2,29,30,34)/t20-,26+/m1/s1. The van der Waals surface area contributed by atoms with Gasteiger partial charge in [0.2, 0.25) is 0 Å². The molecule has 1 fully saturated rings. The van der Waals surface area contributed by atoms with Crippen LogP contribution in [0.2, 0.25) is 0 Å². The van der Waals surface area contributed by atoms with Crippen LogP contribution in [0.15, 0.2) is 48.5 Å². The van der Waals surface area contributed by atoms with Crippen LogP contribution in [0.3, 0.4) is 0 Å². The summed E-state index contributed by atoms with van der Waals surface area (Å²) in [5.41, 5.74) is 2.05. The summed E-state index contributed by atoms with van der Waals surface area (Å²) in [6.45, 7) is 7.75. The Labute approximate surface area is 214 Å². The van der Waals surface area contributed by atoms with Crippen LogP contribution in [0.25, 0.3) is 0 Å². The molecule has 8 heteroatoms. The number of methoxy groups -OCH3 is 2. The number of hydrogen-bond donors (Lipinski definition) is 4.